The number of carbonyl (C=O) groups is 2. The minimum absolute atomic E-state index is 0.0128. The fraction of sp³-hybridized carbons (Fsp3) is 0.424. The Bertz CT molecular complexity index is 1600. The standard InChI is InChI=1S/C33H38N6O3/c1-4-9-25-13-5-6-15-37(25)32(40)24-12-7-10-22(16-24)23-11-8-14-26(17-23)39-31(29(19-34-39)33(41)42)28-18-27(28)30-20-38(21(2)3)36-35-30/h7-8,10-12,14,16-17,19-21,25,27-28H,4-6,9,13,15,18H2,1-3H3,(H,41,42)/t25-,27+,28+/m1/s1. The van der Waals surface area contributed by atoms with Gasteiger partial charge < -0.3 is 10.0 Å². The third-order valence-electron chi connectivity index (χ3n) is 8.66. The molecule has 1 saturated heterocycles. The van der Waals surface area contributed by atoms with Crippen molar-refractivity contribution in [3.63, 3.8) is 0 Å². The Morgan fingerprint density at radius 1 is 1.05 bits per heavy atom. The Hall–Kier alpha value is -4.27. The fourth-order valence-electron chi connectivity index (χ4n) is 6.34. The first-order valence-corrected chi connectivity index (χ1v) is 15.1. The van der Waals surface area contributed by atoms with E-state index >= 15 is 0 Å². The monoisotopic (exact) mass is 566 g/mol. The van der Waals surface area contributed by atoms with Gasteiger partial charge in [-0.1, -0.05) is 42.8 Å². The van der Waals surface area contributed by atoms with Gasteiger partial charge in [0.1, 0.15) is 5.56 Å². The molecule has 0 unspecified atom stereocenters. The number of carbonyl (C=O) groups excluding carboxylic acids is 1. The van der Waals surface area contributed by atoms with Gasteiger partial charge in [0.25, 0.3) is 5.91 Å². The number of rotatable bonds is 9. The third kappa shape index (κ3) is 5.35. The Morgan fingerprint density at radius 3 is 2.57 bits per heavy atom. The molecule has 1 amide bonds. The Labute approximate surface area is 246 Å². The average molecular weight is 567 g/mol. The van der Waals surface area contributed by atoms with Crippen LogP contribution in [0.25, 0.3) is 16.8 Å². The summed E-state index contributed by atoms with van der Waals surface area (Å²) in [7, 11) is 0. The number of hydrogen-bond donors (Lipinski definition) is 1. The number of piperidine rings is 1. The predicted molar refractivity (Wildman–Crippen MR) is 160 cm³/mol. The largest absolute Gasteiger partial charge is 0.478 e. The molecule has 3 atom stereocenters. The summed E-state index contributed by atoms with van der Waals surface area (Å²) in [5.74, 6) is -0.806. The summed E-state index contributed by atoms with van der Waals surface area (Å²) in [5, 5.41) is 23.1. The molecule has 6 rings (SSSR count). The van der Waals surface area contributed by atoms with Gasteiger partial charge in [0.15, 0.2) is 0 Å². The molecule has 42 heavy (non-hydrogen) atoms. The zero-order chi connectivity index (χ0) is 29.4. The van der Waals surface area contributed by atoms with E-state index in [1.807, 2.05) is 59.4 Å². The highest BCUT2D eigenvalue weighted by molar-refractivity contribution is 5.96. The first kappa shape index (κ1) is 27.9. The number of amides is 1. The van der Waals surface area contributed by atoms with Crippen LogP contribution >= 0.6 is 0 Å². The number of benzene rings is 2. The molecule has 9 heteroatoms. The van der Waals surface area contributed by atoms with Crippen molar-refractivity contribution in [3.8, 4) is 16.8 Å². The average Bonchev–Trinajstić information content (AvgIpc) is 3.40. The van der Waals surface area contributed by atoms with Crippen LogP contribution in [0.4, 0.5) is 0 Å². The lowest BCUT2D eigenvalue weighted by Crippen LogP contribution is -2.43. The van der Waals surface area contributed by atoms with Crippen LogP contribution in [0.15, 0.2) is 60.9 Å². The summed E-state index contributed by atoms with van der Waals surface area (Å²) in [6.07, 6.45) is 9.60. The van der Waals surface area contributed by atoms with E-state index in [-0.39, 0.29) is 29.3 Å². The number of aromatic nitrogens is 5. The second-order valence-corrected chi connectivity index (χ2v) is 11.9. The molecule has 1 aliphatic carbocycles. The third-order valence-corrected chi connectivity index (χ3v) is 8.66. The Balaban J connectivity index is 1.29. The van der Waals surface area contributed by atoms with E-state index in [1.54, 1.807) is 4.68 Å². The Kier molecular flexibility index (Phi) is 7.66. The molecule has 2 aromatic heterocycles. The van der Waals surface area contributed by atoms with Crippen LogP contribution in [0, 0.1) is 0 Å². The van der Waals surface area contributed by atoms with E-state index in [1.165, 1.54) is 12.6 Å². The lowest BCUT2D eigenvalue weighted by molar-refractivity contribution is 0.0600. The summed E-state index contributed by atoms with van der Waals surface area (Å²) >= 11 is 0. The summed E-state index contributed by atoms with van der Waals surface area (Å²) in [6, 6.07) is 16.3. The van der Waals surface area contributed by atoms with Crippen LogP contribution in [0.1, 0.15) is 109 Å². The van der Waals surface area contributed by atoms with E-state index in [0.29, 0.717) is 17.3 Å². The minimum atomic E-state index is -0.991. The lowest BCUT2D eigenvalue weighted by atomic mass is 9.96. The van der Waals surface area contributed by atoms with Gasteiger partial charge in [-0.3, -0.25) is 4.79 Å². The van der Waals surface area contributed by atoms with Gasteiger partial charge in [0.2, 0.25) is 0 Å². The van der Waals surface area contributed by atoms with Gasteiger partial charge in [-0.05, 0) is 81.3 Å². The molecule has 1 saturated carbocycles. The van der Waals surface area contributed by atoms with Crippen molar-refractivity contribution in [2.75, 3.05) is 6.54 Å². The van der Waals surface area contributed by atoms with Crippen LogP contribution in [-0.2, 0) is 0 Å². The smallest absolute Gasteiger partial charge is 0.339 e. The molecule has 2 aromatic carbocycles. The summed E-state index contributed by atoms with van der Waals surface area (Å²) in [5.41, 5.74) is 5.12. The molecule has 2 fully saturated rings. The molecule has 218 valence electrons. The van der Waals surface area contributed by atoms with Gasteiger partial charge in [-0.15, -0.1) is 5.10 Å². The molecule has 1 N–H and O–H groups in total. The van der Waals surface area contributed by atoms with Crippen LogP contribution in [-0.4, -0.2) is 59.2 Å². The van der Waals surface area contributed by atoms with E-state index in [4.69, 9.17) is 0 Å². The number of hydrogen-bond acceptors (Lipinski definition) is 5. The summed E-state index contributed by atoms with van der Waals surface area (Å²) in [6.45, 7) is 7.09. The van der Waals surface area contributed by atoms with E-state index < -0.39 is 5.97 Å². The van der Waals surface area contributed by atoms with E-state index in [2.05, 4.69) is 41.1 Å². The first-order chi connectivity index (χ1) is 20.4. The molecular weight excluding hydrogens is 528 g/mol. The van der Waals surface area contributed by atoms with Gasteiger partial charge in [0, 0.05) is 42.2 Å². The Morgan fingerprint density at radius 2 is 1.83 bits per heavy atom. The van der Waals surface area contributed by atoms with Crippen molar-refractivity contribution in [1.82, 2.24) is 29.7 Å². The van der Waals surface area contributed by atoms with Crippen LogP contribution in [0.2, 0.25) is 0 Å². The number of nitrogens with zero attached hydrogens (tertiary/aromatic N) is 6. The zero-order valence-electron chi connectivity index (χ0n) is 24.5. The van der Waals surface area contributed by atoms with Gasteiger partial charge in [-0.25, -0.2) is 14.2 Å². The maximum absolute atomic E-state index is 13.6. The van der Waals surface area contributed by atoms with Gasteiger partial charge in [-0.2, -0.15) is 5.10 Å². The van der Waals surface area contributed by atoms with Crippen molar-refractivity contribution in [3.05, 3.63) is 83.4 Å². The van der Waals surface area contributed by atoms with Gasteiger partial charge >= 0.3 is 5.97 Å². The lowest BCUT2D eigenvalue weighted by Gasteiger charge is -2.36. The van der Waals surface area contributed by atoms with E-state index in [0.717, 1.165) is 61.2 Å². The van der Waals surface area contributed by atoms with E-state index in [9.17, 15) is 14.7 Å². The van der Waals surface area contributed by atoms with Crippen LogP contribution in [0.5, 0.6) is 0 Å². The van der Waals surface area contributed by atoms with Crippen molar-refractivity contribution in [2.24, 2.45) is 0 Å². The molecule has 3 heterocycles. The molecule has 0 bridgehead atoms. The number of carboxylic acids is 1. The molecular formula is C33H38N6O3. The number of carboxylic acid groups (broad SMARTS) is 1. The zero-order valence-corrected chi connectivity index (χ0v) is 24.5. The second kappa shape index (κ2) is 11.5. The van der Waals surface area contributed by atoms with Crippen LogP contribution in [0.3, 0.4) is 0 Å². The summed E-state index contributed by atoms with van der Waals surface area (Å²) < 4.78 is 3.58. The first-order valence-electron chi connectivity index (χ1n) is 15.1. The van der Waals surface area contributed by atoms with Crippen molar-refractivity contribution < 1.29 is 14.7 Å². The molecule has 0 spiro atoms. The quantitative estimate of drug-likeness (QED) is 0.249. The number of aromatic carboxylic acids is 1. The minimum Gasteiger partial charge on any atom is -0.478 e. The van der Waals surface area contributed by atoms with Crippen LogP contribution < -0.4 is 0 Å². The molecule has 9 nitrogen and oxygen atoms in total. The van der Waals surface area contributed by atoms with Crippen molar-refractivity contribution >= 4 is 11.9 Å². The highest BCUT2D eigenvalue weighted by Crippen LogP contribution is 2.55. The summed E-state index contributed by atoms with van der Waals surface area (Å²) in [4.78, 5) is 27.8. The number of likely N-dealkylation sites (tertiary alicyclic amines) is 1. The van der Waals surface area contributed by atoms with Gasteiger partial charge in [0.05, 0.1) is 23.3 Å². The molecule has 1 aliphatic heterocycles. The molecule has 2 aliphatic rings. The normalized spacial score (nSPS) is 20.2. The fourth-order valence-corrected chi connectivity index (χ4v) is 6.34. The molecule has 4 aromatic rings. The topological polar surface area (TPSA) is 106 Å². The van der Waals surface area contributed by atoms with Crippen molar-refractivity contribution in [1.29, 1.82) is 0 Å². The predicted octanol–water partition coefficient (Wildman–Crippen LogP) is 6.48. The maximum atomic E-state index is 13.6. The second-order valence-electron chi connectivity index (χ2n) is 11.9. The SMILES string of the molecule is CCC[C@@H]1CCCCN1C(=O)c1cccc(-c2cccc(-n3ncc(C(=O)O)c3[C@H]3C[C@@H]3c3cn(C(C)C)nn3)c2)c1. The van der Waals surface area contributed by atoms with Crippen molar-refractivity contribution in [2.45, 2.75) is 83.2 Å². The molecule has 0 radical (unpaired) electrons. The maximum Gasteiger partial charge on any atom is 0.339 e. The highest BCUT2D eigenvalue weighted by atomic mass is 16.4. The highest BCUT2D eigenvalue weighted by Gasteiger charge is 2.46.